The second kappa shape index (κ2) is 8.61. The van der Waals surface area contributed by atoms with Crippen molar-refractivity contribution in [2.75, 3.05) is 6.54 Å². The lowest BCUT2D eigenvalue weighted by molar-refractivity contribution is 0.0955. The number of carbonyl (C=O) groups excluding carboxylic acids is 1. The van der Waals surface area contributed by atoms with Crippen molar-refractivity contribution >= 4 is 52.9 Å². The number of hydrogen-bond acceptors (Lipinski definition) is 3. The summed E-state index contributed by atoms with van der Waals surface area (Å²) in [5.74, 6) is -0.171. The van der Waals surface area contributed by atoms with Crippen LogP contribution in [0.5, 0.6) is 0 Å². The third kappa shape index (κ3) is 5.16. The van der Waals surface area contributed by atoms with Gasteiger partial charge in [0.15, 0.2) is 0 Å². The minimum Gasteiger partial charge on any atom is -0.347 e. The van der Waals surface area contributed by atoms with Crippen LogP contribution in [0.3, 0.4) is 0 Å². The standard InChI is InChI=1S/C14H14Cl2N2OS.ClH/c15-11-7-12(20-13(11)16)14(19)18-8-10-3-1-9(2-4-10)5-6-17;/h1-4,7H,5-6,8,17H2,(H,18,19);1H. The summed E-state index contributed by atoms with van der Waals surface area (Å²) in [4.78, 5) is 12.4. The van der Waals surface area contributed by atoms with E-state index in [9.17, 15) is 4.79 Å². The van der Waals surface area contributed by atoms with E-state index in [4.69, 9.17) is 28.9 Å². The first-order chi connectivity index (χ1) is 9.60. The Morgan fingerprint density at radius 2 is 1.81 bits per heavy atom. The molecule has 0 radical (unpaired) electrons. The summed E-state index contributed by atoms with van der Waals surface area (Å²) in [6, 6.07) is 9.59. The number of nitrogens with one attached hydrogen (secondary N) is 1. The highest BCUT2D eigenvalue weighted by atomic mass is 35.5. The smallest absolute Gasteiger partial charge is 0.261 e. The van der Waals surface area contributed by atoms with Crippen molar-refractivity contribution in [1.29, 1.82) is 0 Å². The molecular weight excluding hydrogens is 351 g/mol. The molecule has 1 aromatic heterocycles. The van der Waals surface area contributed by atoms with Gasteiger partial charge in [0.2, 0.25) is 0 Å². The zero-order valence-electron chi connectivity index (χ0n) is 11.1. The van der Waals surface area contributed by atoms with Crippen LogP contribution in [0.2, 0.25) is 9.36 Å². The van der Waals surface area contributed by atoms with Gasteiger partial charge in [-0.05, 0) is 30.2 Å². The Morgan fingerprint density at radius 1 is 1.19 bits per heavy atom. The van der Waals surface area contributed by atoms with Crippen LogP contribution in [0.15, 0.2) is 30.3 Å². The fourth-order valence-corrected chi connectivity index (χ4v) is 3.00. The van der Waals surface area contributed by atoms with Crippen molar-refractivity contribution in [3.05, 3.63) is 55.7 Å². The molecule has 0 saturated carbocycles. The molecule has 0 atom stereocenters. The van der Waals surface area contributed by atoms with Gasteiger partial charge in [0.1, 0.15) is 4.34 Å². The lowest BCUT2D eigenvalue weighted by Crippen LogP contribution is -2.21. The molecular formula is C14H15Cl3N2OS. The normalized spacial score (nSPS) is 10.0. The van der Waals surface area contributed by atoms with E-state index >= 15 is 0 Å². The molecule has 2 aromatic rings. The minimum absolute atomic E-state index is 0. The van der Waals surface area contributed by atoms with Crippen LogP contribution in [-0.2, 0) is 13.0 Å². The summed E-state index contributed by atoms with van der Waals surface area (Å²) in [5.41, 5.74) is 7.73. The first-order valence-corrected chi connectivity index (χ1v) is 7.68. The molecule has 1 amide bonds. The number of nitrogens with two attached hydrogens (primary N) is 1. The number of carbonyl (C=O) groups is 1. The monoisotopic (exact) mass is 364 g/mol. The predicted molar refractivity (Wildman–Crippen MR) is 92.0 cm³/mol. The molecule has 7 heteroatoms. The lowest BCUT2D eigenvalue weighted by Gasteiger charge is -2.05. The van der Waals surface area contributed by atoms with Gasteiger partial charge in [-0.15, -0.1) is 23.7 Å². The number of amides is 1. The highest BCUT2D eigenvalue weighted by molar-refractivity contribution is 7.18. The highest BCUT2D eigenvalue weighted by Gasteiger charge is 2.12. The Morgan fingerprint density at radius 3 is 2.33 bits per heavy atom. The van der Waals surface area contributed by atoms with Crippen LogP contribution in [0.4, 0.5) is 0 Å². The molecule has 0 aliphatic rings. The maximum atomic E-state index is 11.9. The van der Waals surface area contributed by atoms with Crippen molar-refractivity contribution in [3.8, 4) is 0 Å². The third-order valence-electron chi connectivity index (χ3n) is 2.78. The molecule has 0 aliphatic carbocycles. The molecule has 0 aliphatic heterocycles. The molecule has 2 rings (SSSR count). The SMILES string of the molecule is Cl.NCCc1ccc(CNC(=O)c2cc(Cl)c(Cl)s2)cc1. The average molecular weight is 366 g/mol. The summed E-state index contributed by atoms with van der Waals surface area (Å²) in [6.45, 7) is 1.10. The Balaban J connectivity index is 0.00000220. The largest absolute Gasteiger partial charge is 0.347 e. The van der Waals surface area contributed by atoms with Crippen LogP contribution < -0.4 is 11.1 Å². The van der Waals surface area contributed by atoms with Gasteiger partial charge in [0, 0.05) is 6.54 Å². The first-order valence-electron chi connectivity index (χ1n) is 6.11. The number of rotatable bonds is 5. The van der Waals surface area contributed by atoms with E-state index in [-0.39, 0.29) is 18.3 Å². The molecule has 3 N–H and O–H groups in total. The van der Waals surface area contributed by atoms with Crippen molar-refractivity contribution in [3.63, 3.8) is 0 Å². The number of thiophene rings is 1. The number of halogens is 3. The lowest BCUT2D eigenvalue weighted by atomic mass is 10.1. The van der Waals surface area contributed by atoms with Gasteiger partial charge >= 0.3 is 0 Å². The van der Waals surface area contributed by atoms with Crippen molar-refractivity contribution in [2.24, 2.45) is 5.73 Å². The third-order valence-corrected chi connectivity index (χ3v) is 4.64. The van der Waals surface area contributed by atoms with E-state index in [1.54, 1.807) is 6.07 Å². The van der Waals surface area contributed by atoms with Gasteiger partial charge in [-0.3, -0.25) is 4.79 Å². The molecule has 0 unspecified atom stereocenters. The molecule has 21 heavy (non-hydrogen) atoms. The summed E-state index contributed by atoms with van der Waals surface area (Å²) in [6.07, 6.45) is 0.860. The Hall–Kier alpha value is -0.780. The summed E-state index contributed by atoms with van der Waals surface area (Å²) in [5, 5.41) is 3.25. The summed E-state index contributed by atoms with van der Waals surface area (Å²) in [7, 11) is 0. The average Bonchev–Trinajstić information content (AvgIpc) is 2.78. The van der Waals surface area contributed by atoms with E-state index in [1.165, 1.54) is 16.9 Å². The van der Waals surface area contributed by atoms with Crippen LogP contribution in [0, 0.1) is 0 Å². The van der Waals surface area contributed by atoms with Gasteiger partial charge in [-0.2, -0.15) is 0 Å². The van der Waals surface area contributed by atoms with E-state index in [0.717, 1.165) is 12.0 Å². The molecule has 0 bridgehead atoms. The molecule has 3 nitrogen and oxygen atoms in total. The Labute approximate surface area is 143 Å². The van der Waals surface area contributed by atoms with Gasteiger partial charge in [-0.25, -0.2) is 0 Å². The maximum absolute atomic E-state index is 11.9. The zero-order valence-corrected chi connectivity index (χ0v) is 14.2. The minimum atomic E-state index is -0.171. The fraction of sp³-hybridized carbons (Fsp3) is 0.214. The highest BCUT2D eigenvalue weighted by Crippen LogP contribution is 2.31. The van der Waals surface area contributed by atoms with Crippen molar-refractivity contribution in [2.45, 2.75) is 13.0 Å². The van der Waals surface area contributed by atoms with Gasteiger partial charge in [0.25, 0.3) is 5.91 Å². The second-order valence-electron chi connectivity index (χ2n) is 4.27. The topological polar surface area (TPSA) is 55.1 Å². The quantitative estimate of drug-likeness (QED) is 0.844. The van der Waals surface area contributed by atoms with E-state index in [1.807, 2.05) is 24.3 Å². The maximum Gasteiger partial charge on any atom is 0.261 e. The summed E-state index contributed by atoms with van der Waals surface area (Å²) >= 11 is 12.8. The van der Waals surface area contributed by atoms with Crippen LogP contribution in [0.25, 0.3) is 0 Å². The van der Waals surface area contributed by atoms with E-state index in [0.29, 0.717) is 27.3 Å². The van der Waals surface area contributed by atoms with Crippen LogP contribution in [0.1, 0.15) is 20.8 Å². The van der Waals surface area contributed by atoms with Gasteiger partial charge in [-0.1, -0.05) is 47.5 Å². The van der Waals surface area contributed by atoms with Crippen molar-refractivity contribution < 1.29 is 4.79 Å². The number of benzene rings is 1. The van der Waals surface area contributed by atoms with Crippen LogP contribution in [-0.4, -0.2) is 12.5 Å². The van der Waals surface area contributed by atoms with Crippen LogP contribution >= 0.6 is 46.9 Å². The first kappa shape index (κ1) is 18.3. The Kier molecular flexibility index (Phi) is 7.49. The predicted octanol–water partition coefficient (Wildman–Crippen LogP) is 3.91. The summed E-state index contributed by atoms with van der Waals surface area (Å²) < 4.78 is 0.433. The second-order valence-corrected chi connectivity index (χ2v) is 6.33. The fourth-order valence-electron chi connectivity index (χ4n) is 1.72. The molecule has 1 heterocycles. The number of hydrogen-bond donors (Lipinski definition) is 2. The van der Waals surface area contributed by atoms with Crippen molar-refractivity contribution in [1.82, 2.24) is 5.32 Å². The molecule has 114 valence electrons. The molecule has 0 saturated heterocycles. The van der Waals surface area contributed by atoms with Gasteiger partial charge in [0.05, 0.1) is 9.90 Å². The molecule has 0 fully saturated rings. The zero-order chi connectivity index (χ0) is 14.5. The van der Waals surface area contributed by atoms with E-state index < -0.39 is 0 Å². The Bertz CT molecular complexity index is 579. The van der Waals surface area contributed by atoms with Gasteiger partial charge < -0.3 is 11.1 Å². The molecule has 1 aromatic carbocycles. The van der Waals surface area contributed by atoms with E-state index in [2.05, 4.69) is 5.32 Å². The molecule has 0 spiro atoms.